The minimum atomic E-state index is -2.64. The van der Waals surface area contributed by atoms with Gasteiger partial charge in [-0.05, 0) is 31.1 Å². The Bertz CT molecular complexity index is 505. The molecule has 0 radical (unpaired) electrons. The lowest BCUT2D eigenvalue weighted by molar-refractivity contribution is 0.0650. The molecule has 0 aromatic carbocycles. The standard InChI is InChI=1S/C15H24F2N4O/c1-10-4-5-12(8-11(10)2)19-15(22)20(3)9-13-18-6-7-21(13)14(16)17/h6-7,10-12,14H,4-5,8-9H2,1-3H3,(H,19,22)/t10-,11+,12+/m1/s1. The lowest BCUT2D eigenvalue weighted by atomic mass is 9.79. The van der Waals surface area contributed by atoms with E-state index in [1.807, 2.05) is 0 Å². The number of imidazole rings is 1. The summed E-state index contributed by atoms with van der Waals surface area (Å²) >= 11 is 0. The van der Waals surface area contributed by atoms with E-state index in [0.717, 1.165) is 23.8 Å². The lowest BCUT2D eigenvalue weighted by Crippen LogP contribution is -2.45. The maximum Gasteiger partial charge on any atom is 0.319 e. The van der Waals surface area contributed by atoms with Crippen LogP contribution in [0.15, 0.2) is 12.4 Å². The number of aromatic nitrogens is 2. The third kappa shape index (κ3) is 3.96. The minimum Gasteiger partial charge on any atom is -0.335 e. The van der Waals surface area contributed by atoms with Crippen LogP contribution in [0.2, 0.25) is 0 Å². The second kappa shape index (κ2) is 7.07. The van der Waals surface area contributed by atoms with E-state index in [2.05, 4.69) is 24.1 Å². The molecular weight excluding hydrogens is 290 g/mol. The number of alkyl halides is 2. The van der Waals surface area contributed by atoms with E-state index >= 15 is 0 Å². The third-order valence-corrected chi connectivity index (χ3v) is 4.61. The van der Waals surface area contributed by atoms with E-state index in [-0.39, 0.29) is 24.4 Å². The Balaban J connectivity index is 1.88. The van der Waals surface area contributed by atoms with Gasteiger partial charge in [0.05, 0.1) is 6.54 Å². The van der Waals surface area contributed by atoms with Gasteiger partial charge in [-0.1, -0.05) is 13.8 Å². The number of hydrogen-bond donors (Lipinski definition) is 1. The van der Waals surface area contributed by atoms with Gasteiger partial charge < -0.3 is 10.2 Å². The van der Waals surface area contributed by atoms with E-state index in [1.54, 1.807) is 7.05 Å². The van der Waals surface area contributed by atoms with Gasteiger partial charge in [-0.2, -0.15) is 8.78 Å². The first-order chi connectivity index (χ1) is 10.4. The smallest absolute Gasteiger partial charge is 0.319 e. The highest BCUT2D eigenvalue weighted by atomic mass is 19.3. The Morgan fingerprint density at radius 3 is 2.82 bits per heavy atom. The molecule has 3 atom stereocenters. The molecule has 1 aromatic heterocycles. The van der Waals surface area contributed by atoms with E-state index in [1.165, 1.54) is 17.3 Å². The molecule has 0 saturated heterocycles. The number of rotatable bonds is 4. The molecule has 1 aliphatic carbocycles. The fraction of sp³-hybridized carbons (Fsp3) is 0.733. The van der Waals surface area contributed by atoms with Gasteiger partial charge in [0.1, 0.15) is 5.82 Å². The van der Waals surface area contributed by atoms with E-state index < -0.39 is 6.55 Å². The molecule has 2 rings (SSSR count). The molecule has 7 heteroatoms. The average Bonchev–Trinajstić information content (AvgIpc) is 2.91. The molecule has 1 N–H and O–H groups in total. The fourth-order valence-electron chi connectivity index (χ4n) is 2.89. The topological polar surface area (TPSA) is 50.2 Å². The number of nitrogens with zero attached hydrogens (tertiary/aromatic N) is 3. The summed E-state index contributed by atoms with van der Waals surface area (Å²) in [6.07, 6.45) is 5.57. The van der Waals surface area contributed by atoms with Gasteiger partial charge in [0.25, 0.3) is 0 Å². The Morgan fingerprint density at radius 1 is 1.45 bits per heavy atom. The number of halogens is 2. The Kier molecular flexibility index (Phi) is 5.37. The van der Waals surface area contributed by atoms with Crippen molar-refractivity contribution in [2.75, 3.05) is 7.05 Å². The van der Waals surface area contributed by atoms with Crippen LogP contribution in [0.5, 0.6) is 0 Å². The number of carbonyl (C=O) groups excluding carboxylic acids is 1. The van der Waals surface area contributed by atoms with Gasteiger partial charge in [0, 0.05) is 25.5 Å². The zero-order valence-electron chi connectivity index (χ0n) is 13.3. The summed E-state index contributed by atoms with van der Waals surface area (Å²) in [4.78, 5) is 17.5. The Labute approximate surface area is 129 Å². The van der Waals surface area contributed by atoms with Crippen molar-refractivity contribution >= 4 is 6.03 Å². The van der Waals surface area contributed by atoms with Gasteiger partial charge in [0.15, 0.2) is 0 Å². The van der Waals surface area contributed by atoms with Crippen molar-refractivity contribution in [2.45, 2.75) is 52.2 Å². The number of hydrogen-bond acceptors (Lipinski definition) is 2. The Morgan fingerprint density at radius 2 is 2.18 bits per heavy atom. The minimum absolute atomic E-state index is 0.0574. The molecule has 0 spiro atoms. The van der Waals surface area contributed by atoms with Crippen LogP contribution >= 0.6 is 0 Å². The predicted molar refractivity (Wildman–Crippen MR) is 79.4 cm³/mol. The second-order valence-electron chi connectivity index (χ2n) is 6.30. The van der Waals surface area contributed by atoms with Gasteiger partial charge in [0.2, 0.25) is 0 Å². The van der Waals surface area contributed by atoms with Gasteiger partial charge in [-0.3, -0.25) is 4.57 Å². The first-order valence-corrected chi connectivity index (χ1v) is 7.70. The number of amides is 2. The summed E-state index contributed by atoms with van der Waals surface area (Å²) in [6, 6.07) is -0.0773. The highest BCUT2D eigenvalue weighted by molar-refractivity contribution is 5.74. The van der Waals surface area contributed by atoms with Crippen molar-refractivity contribution in [3.05, 3.63) is 18.2 Å². The molecule has 124 valence electrons. The van der Waals surface area contributed by atoms with E-state index in [9.17, 15) is 13.6 Å². The molecule has 0 unspecified atom stereocenters. The highest BCUT2D eigenvalue weighted by Crippen LogP contribution is 2.29. The average molecular weight is 314 g/mol. The largest absolute Gasteiger partial charge is 0.335 e. The monoisotopic (exact) mass is 314 g/mol. The number of urea groups is 1. The first-order valence-electron chi connectivity index (χ1n) is 7.70. The normalized spacial score (nSPS) is 25.3. The predicted octanol–water partition coefficient (Wildman–Crippen LogP) is 3.24. The molecule has 0 aliphatic heterocycles. The second-order valence-corrected chi connectivity index (χ2v) is 6.30. The van der Waals surface area contributed by atoms with Crippen molar-refractivity contribution in [1.29, 1.82) is 0 Å². The number of nitrogens with one attached hydrogen (secondary N) is 1. The van der Waals surface area contributed by atoms with Crippen molar-refractivity contribution in [3.63, 3.8) is 0 Å². The summed E-state index contributed by atoms with van der Waals surface area (Å²) in [5, 5.41) is 2.99. The Hall–Kier alpha value is -1.66. The van der Waals surface area contributed by atoms with Gasteiger partial charge in [-0.15, -0.1) is 0 Å². The molecule has 0 bridgehead atoms. The van der Waals surface area contributed by atoms with Crippen molar-refractivity contribution in [2.24, 2.45) is 11.8 Å². The van der Waals surface area contributed by atoms with Crippen LogP contribution in [0.1, 0.15) is 45.5 Å². The summed E-state index contributed by atoms with van der Waals surface area (Å²) in [7, 11) is 1.59. The maximum absolute atomic E-state index is 12.8. The molecular formula is C15H24F2N4O. The summed E-state index contributed by atoms with van der Waals surface area (Å²) < 4.78 is 26.3. The van der Waals surface area contributed by atoms with E-state index in [4.69, 9.17) is 0 Å². The van der Waals surface area contributed by atoms with Crippen LogP contribution in [0.3, 0.4) is 0 Å². The van der Waals surface area contributed by atoms with Crippen LogP contribution in [-0.4, -0.2) is 33.6 Å². The van der Waals surface area contributed by atoms with E-state index in [0.29, 0.717) is 11.8 Å². The van der Waals surface area contributed by atoms with Gasteiger partial charge >= 0.3 is 12.6 Å². The number of carbonyl (C=O) groups is 1. The van der Waals surface area contributed by atoms with Crippen LogP contribution in [0, 0.1) is 11.8 Å². The molecule has 2 amide bonds. The van der Waals surface area contributed by atoms with Crippen molar-refractivity contribution in [1.82, 2.24) is 19.8 Å². The zero-order valence-corrected chi connectivity index (χ0v) is 13.3. The van der Waals surface area contributed by atoms with Crippen LogP contribution in [-0.2, 0) is 6.54 Å². The fourth-order valence-corrected chi connectivity index (χ4v) is 2.89. The molecule has 1 heterocycles. The van der Waals surface area contributed by atoms with Crippen LogP contribution < -0.4 is 5.32 Å². The van der Waals surface area contributed by atoms with Gasteiger partial charge in [-0.25, -0.2) is 9.78 Å². The quantitative estimate of drug-likeness (QED) is 0.927. The molecule has 22 heavy (non-hydrogen) atoms. The third-order valence-electron chi connectivity index (χ3n) is 4.61. The molecule has 1 aliphatic rings. The lowest BCUT2D eigenvalue weighted by Gasteiger charge is -2.33. The maximum atomic E-state index is 12.8. The zero-order chi connectivity index (χ0) is 16.3. The SMILES string of the molecule is C[C@@H]1CC[C@H](NC(=O)N(C)Cc2nccn2C(F)F)C[C@@H]1C. The highest BCUT2D eigenvalue weighted by Gasteiger charge is 2.26. The molecule has 1 fully saturated rings. The molecule has 1 saturated carbocycles. The van der Waals surface area contributed by atoms with Crippen LogP contribution in [0.4, 0.5) is 13.6 Å². The first kappa shape index (κ1) is 16.7. The molecule has 1 aromatic rings. The summed E-state index contributed by atoms with van der Waals surface area (Å²) in [5.74, 6) is 1.45. The summed E-state index contributed by atoms with van der Waals surface area (Å²) in [6.45, 7) is 1.85. The summed E-state index contributed by atoms with van der Waals surface area (Å²) in [5.41, 5.74) is 0. The van der Waals surface area contributed by atoms with Crippen LogP contribution in [0.25, 0.3) is 0 Å². The van der Waals surface area contributed by atoms with Crippen molar-refractivity contribution < 1.29 is 13.6 Å². The van der Waals surface area contributed by atoms with Crippen molar-refractivity contribution in [3.8, 4) is 0 Å². The molecule has 5 nitrogen and oxygen atoms in total.